The van der Waals surface area contributed by atoms with Gasteiger partial charge in [0.2, 0.25) is 5.97 Å². The summed E-state index contributed by atoms with van der Waals surface area (Å²) < 4.78 is 11.5. The molecule has 0 saturated carbocycles. The maximum atomic E-state index is 11.5. The van der Waals surface area contributed by atoms with Crippen molar-refractivity contribution in [2.45, 2.75) is 6.92 Å². The summed E-state index contributed by atoms with van der Waals surface area (Å²) in [5.41, 5.74) is 0. The van der Waals surface area contributed by atoms with Gasteiger partial charge < -0.3 is 0 Å². The zero-order chi connectivity index (χ0) is 5.86. The van der Waals surface area contributed by atoms with Gasteiger partial charge in [-0.3, -0.25) is 5.41 Å². The standard InChI is InChI=1S/C4H5ClFN/c1-2-3(5)4(6)7/h2,7H,1H3. The molecule has 0 saturated heterocycles. The van der Waals surface area contributed by atoms with E-state index in [0.717, 1.165) is 0 Å². The van der Waals surface area contributed by atoms with Crippen molar-refractivity contribution in [3.05, 3.63) is 11.1 Å². The fourth-order valence-electron chi connectivity index (χ4n) is 0.127. The maximum absolute atomic E-state index is 11.5. The van der Waals surface area contributed by atoms with E-state index in [2.05, 4.69) is 0 Å². The third-order valence-electron chi connectivity index (χ3n) is 0.463. The predicted molar refractivity (Wildman–Crippen MR) is 28.4 cm³/mol. The topological polar surface area (TPSA) is 23.9 Å². The van der Waals surface area contributed by atoms with Crippen LogP contribution in [0.15, 0.2) is 11.1 Å². The largest absolute Gasteiger partial charge is 0.273 e. The van der Waals surface area contributed by atoms with Crippen molar-refractivity contribution in [1.82, 2.24) is 0 Å². The van der Waals surface area contributed by atoms with E-state index in [1.807, 2.05) is 0 Å². The van der Waals surface area contributed by atoms with Crippen LogP contribution in [0, 0.1) is 5.41 Å². The molecule has 1 N–H and O–H groups in total. The Balaban J connectivity index is 3.82. The van der Waals surface area contributed by atoms with Gasteiger partial charge in [0.05, 0.1) is 5.03 Å². The van der Waals surface area contributed by atoms with Crippen LogP contribution in [0.2, 0.25) is 0 Å². The van der Waals surface area contributed by atoms with Gasteiger partial charge in [0.15, 0.2) is 0 Å². The molecule has 0 aliphatic rings. The number of hydrogen-bond donors (Lipinski definition) is 1. The lowest BCUT2D eigenvalue weighted by Crippen LogP contribution is -1.81. The number of allylic oxidation sites excluding steroid dienone is 2. The highest BCUT2D eigenvalue weighted by Crippen LogP contribution is 2.01. The Hall–Kier alpha value is -0.370. The first-order valence-corrected chi connectivity index (χ1v) is 2.12. The third kappa shape index (κ3) is 2.34. The summed E-state index contributed by atoms with van der Waals surface area (Å²) >= 11 is 5.06. The van der Waals surface area contributed by atoms with Crippen LogP contribution in [0.5, 0.6) is 0 Å². The summed E-state index contributed by atoms with van der Waals surface area (Å²) in [7, 11) is 0. The molecule has 0 heterocycles. The third-order valence-corrected chi connectivity index (χ3v) is 0.847. The Morgan fingerprint density at radius 2 is 2.29 bits per heavy atom. The van der Waals surface area contributed by atoms with Gasteiger partial charge in [0.25, 0.3) is 0 Å². The van der Waals surface area contributed by atoms with Crippen LogP contribution in [0.1, 0.15) is 6.92 Å². The summed E-state index contributed by atoms with van der Waals surface area (Å²) in [5.74, 6) is -1.08. The Morgan fingerprint density at radius 1 is 1.86 bits per heavy atom. The molecule has 0 fully saturated rings. The van der Waals surface area contributed by atoms with E-state index >= 15 is 0 Å². The number of hydrogen-bond acceptors (Lipinski definition) is 1. The predicted octanol–water partition coefficient (Wildman–Crippen LogP) is 2.08. The molecule has 0 aromatic rings. The summed E-state index contributed by atoms with van der Waals surface area (Å²) in [6.45, 7) is 1.57. The van der Waals surface area contributed by atoms with Gasteiger partial charge in [0.1, 0.15) is 0 Å². The monoisotopic (exact) mass is 121 g/mol. The van der Waals surface area contributed by atoms with Crippen LogP contribution < -0.4 is 0 Å². The Bertz CT molecular complexity index is 108. The van der Waals surface area contributed by atoms with Crippen molar-refractivity contribution in [2.24, 2.45) is 0 Å². The Morgan fingerprint density at radius 3 is 2.29 bits per heavy atom. The zero-order valence-electron chi connectivity index (χ0n) is 3.83. The SMILES string of the molecule is CC=C(Cl)C(=N)F. The van der Waals surface area contributed by atoms with Crippen LogP contribution >= 0.6 is 11.6 Å². The van der Waals surface area contributed by atoms with Crippen molar-refractivity contribution in [3.63, 3.8) is 0 Å². The molecule has 1 nitrogen and oxygen atoms in total. The summed E-state index contributed by atoms with van der Waals surface area (Å²) in [5, 5.41) is 6.09. The summed E-state index contributed by atoms with van der Waals surface area (Å²) in [6.07, 6.45) is 1.32. The molecule has 0 amide bonds. The van der Waals surface area contributed by atoms with E-state index in [4.69, 9.17) is 17.0 Å². The highest BCUT2D eigenvalue weighted by atomic mass is 35.5. The second-order valence-electron chi connectivity index (χ2n) is 0.951. The normalized spacial score (nSPS) is 11.6. The van der Waals surface area contributed by atoms with Crippen LogP contribution in [-0.4, -0.2) is 5.97 Å². The van der Waals surface area contributed by atoms with Crippen molar-refractivity contribution in [1.29, 1.82) is 5.41 Å². The molecule has 0 spiro atoms. The number of nitrogens with one attached hydrogen (secondary N) is 1. The van der Waals surface area contributed by atoms with Crippen LogP contribution in [0.4, 0.5) is 4.39 Å². The highest BCUT2D eigenvalue weighted by molar-refractivity contribution is 6.41. The lowest BCUT2D eigenvalue weighted by molar-refractivity contribution is 0.801. The van der Waals surface area contributed by atoms with Crippen LogP contribution in [0.3, 0.4) is 0 Å². The summed E-state index contributed by atoms with van der Waals surface area (Å²) in [6, 6.07) is 0. The molecule has 0 radical (unpaired) electrons. The maximum Gasteiger partial charge on any atom is 0.223 e. The zero-order valence-corrected chi connectivity index (χ0v) is 4.59. The minimum absolute atomic E-state index is 0.139. The average Bonchev–Trinajstić information content (AvgIpc) is 1.65. The van der Waals surface area contributed by atoms with Crippen molar-refractivity contribution in [2.75, 3.05) is 0 Å². The molecular weight excluding hydrogens is 117 g/mol. The first-order chi connectivity index (χ1) is 3.18. The lowest BCUT2D eigenvalue weighted by atomic mass is 10.5. The molecule has 40 valence electrons. The van der Waals surface area contributed by atoms with Crippen LogP contribution in [0.25, 0.3) is 0 Å². The second-order valence-corrected chi connectivity index (χ2v) is 1.36. The lowest BCUT2D eigenvalue weighted by Gasteiger charge is -1.81. The highest BCUT2D eigenvalue weighted by Gasteiger charge is 1.93. The molecule has 3 heteroatoms. The van der Waals surface area contributed by atoms with Gasteiger partial charge in [-0.05, 0) is 6.92 Å². The van der Waals surface area contributed by atoms with E-state index in [1.165, 1.54) is 6.08 Å². The van der Waals surface area contributed by atoms with Gasteiger partial charge in [-0.25, -0.2) is 0 Å². The van der Waals surface area contributed by atoms with Crippen molar-refractivity contribution < 1.29 is 4.39 Å². The van der Waals surface area contributed by atoms with E-state index in [1.54, 1.807) is 6.92 Å². The fourth-order valence-corrected chi connectivity index (χ4v) is 0.127. The number of rotatable bonds is 1. The van der Waals surface area contributed by atoms with Gasteiger partial charge in [0, 0.05) is 0 Å². The summed E-state index contributed by atoms with van der Waals surface area (Å²) in [4.78, 5) is 0. The smallest absolute Gasteiger partial charge is 0.223 e. The molecule has 7 heavy (non-hydrogen) atoms. The quantitative estimate of drug-likeness (QED) is 0.514. The van der Waals surface area contributed by atoms with Crippen molar-refractivity contribution in [3.8, 4) is 0 Å². The van der Waals surface area contributed by atoms with Gasteiger partial charge >= 0.3 is 0 Å². The fraction of sp³-hybridized carbons (Fsp3) is 0.250. The molecule has 0 rings (SSSR count). The van der Waals surface area contributed by atoms with Crippen molar-refractivity contribution >= 4 is 17.6 Å². The molecule has 0 aliphatic carbocycles. The van der Waals surface area contributed by atoms with Gasteiger partial charge in [-0.2, -0.15) is 4.39 Å². The van der Waals surface area contributed by atoms with E-state index < -0.39 is 5.97 Å². The Kier molecular flexibility index (Phi) is 2.60. The van der Waals surface area contributed by atoms with Gasteiger partial charge in [-0.15, -0.1) is 0 Å². The Labute approximate surface area is 46.3 Å². The molecule has 0 aromatic carbocycles. The average molecular weight is 122 g/mol. The minimum atomic E-state index is -1.08. The van der Waals surface area contributed by atoms with E-state index in [-0.39, 0.29) is 5.03 Å². The minimum Gasteiger partial charge on any atom is -0.273 e. The second kappa shape index (κ2) is 2.75. The molecular formula is C4H5ClFN. The molecule has 0 bridgehead atoms. The van der Waals surface area contributed by atoms with E-state index in [9.17, 15) is 4.39 Å². The molecule has 0 unspecified atom stereocenters. The van der Waals surface area contributed by atoms with E-state index in [0.29, 0.717) is 0 Å². The first-order valence-electron chi connectivity index (χ1n) is 1.74. The van der Waals surface area contributed by atoms with Gasteiger partial charge in [-0.1, -0.05) is 17.7 Å². The molecule has 0 aliphatic heterocycles. The van der Waals surface area contributed by atoms with Crippen LogP contribution in [-0.2, 0) is 0 Å². The number of halogens is 2. The molecule has 0 aromatic heterocycles. The first kappa shape index (κ1) is 6.63. The molecule has 0 atom stereocenters.